The van der Waals surface area contributed by atoms with Crippen LogP contribution < -0.4 is 5.32 Å². The van der Waals surface area contributed by atoms with Gasteiger partial charge in [-0.3, -0.25) is 9.59 Å². The summed E-state index contributed by atoms with van der Waals surface area (Å²) in [6, 6.07) is 6.27. The lowest BCUT2D eigenvalue weighted by molar-refractivity contribution is -0.128. The topological polar surface area (TPSA) is 75.2 Å². The Balaban J connectivity index is 1.80. The SMILES string of the molecule is CCCNC(=O)CSc1nnc(SCC(=O)N(CC)Cc2cccc(F)c2)s1. The number of nitrogens with zero attached hydrogens (tertiary/aromatic N) is 3. The van der Waals surface area contributed by atoms with Gasteiger partial charge in [-0.1, -0.05) is 53.9 Å². The summed E-state index contributed by atoms with van der Waals surface area (Å²) in [4.78, 5) is 25.8. The summed E-state index contributed by atoms with van der Waals surface area (Å²) >= 11 is 4.03. The Bertz CT molecular complexity index is 788. The number of carbonyl (C=O) groups excluding carboxylic acids is 2. The predicted octanol–water partition coefficient (Wildman–Crippen LogP) is 3.44. The van der Waals surface area contributed by atoms with Crippen LogP contribution in [0.3, 0.4) is 0 Å². The van der Waals surface area contributed by atoms with Crippen LogP contribution in [0.2, 0.25) is 0 Å². The van der Waals surface area contributed by atoms with Gasteiger partial charge in [0, 0.05) is 19.6 Å². The molecule has 152 valence electrons. The molecule has 6 nitrogen and oxygen atoms in total. The van der Waals surface area contributed by atoms with E-state index >= 15 is 0 Å². The number of aromatic nitrogens is 2. The molecule has 0 saturated carbocycles. The molecule has 1 aromatic heterocycles. The lowest BCUT2D eigenvalue weighted by atomic mass is 10.2. The Labute approximate surface area is 176 Å². The average molecular weight is 443 g/mol. The average Bonchev–Trinajstić information content (AvgIpc) is 3.15. The number of halogens is 1. The van der Waals surface area contributed by atoms with E-state index in [0.29, 0.717) is 34.1 Å². The number of carbonyl (C=O) groups is 2. The molecule has 1 N–H and O–H groups in total. The maximum absolute atomic E-state index is 13.3. The highest BCUT2D eigenvalue weighted by Crippen LogP contribution is 2.28. The van der Waals surface area contributed by atoms with Gasteiger partial charge >= 0.3 is 0 Å². The summed E-state index contributed by atoms with van der Waals surface area (Å²) < 4.78 is 14.7. The summed E-state index contributed by atoms with van der Waals surface area (Å²) in [7, 11) is 0. The molecular weight excluding hydrogens is 419 g/mol. The molecule has 0 atom stereocenters. The molecule has 0 aliphatic carbocycles. The van der Waals surface area contributed by atoms with E-state index in [-0.39, 0.29) is 23.4 Å². The van der Waals surface area contributed by atoms with Gasteiger partial charge in [0.1, 0.15) is 5.82 Å². The number of thioether (sulfide) groups is 2. The summed E-state index contributed by atoms with van der Waals surface area (Å²) in [6.45, 7) is 5.48. The van der Waals surface area contributed by atoms with Crippen LogP contribution in [0.15, 0.2) is 32.9 Å². The minimum atomic E-state index is -0.308. The second kappa shape index (κ2) is 12.0. The monoisotopic (exact) mass is 442 g/mol. The van der Waals surface area contributed by atoms with Crippen molar-refractivity contribution in [1.82, 2.24) is 20.4 Å². The molecule has 0 radical (unpaired) electrons. The van der Waals surface area contributed by atoms with Gasteiger partial charge in [-0.25, -0.2) is 4.39 Å². The van der Waals surface area contributed by atoms with Crippen molar-refractivity contribution in [2.75, 3.05) is 24.6 Å². The molecule has 0 aliphatic heterocycles. The molecular formula is C18H23FN4O2S3. The zero-order chi connectivity index (χ0) is 20.4. The molecule has 0 unspecified atom stereocenters. The lowest BCUT2D eigenvalue weighted by Crippen LogP contribution is -2.31. The van der Waals surface area contributed by atoms with Crippen molar-refractivity contribution in [3.63, 3.8) is 0 Å². The number of hydrogen-bond donors (Lipinski definition) is 1. The Morgan fingerprint density at radius 1 is 1.18 bits per heavy atom. The van der Waals surface area contributed by atoms with Gasteiger partial charge in [-0.2, -0.15) is 0 Å². The van der Waals surface area contributed by atoms with Crippen LogP contribution in [0, 0.1) is 5.82 Å². The number of hydrogen-bond acceptors (Lipinski definition) is 7. The molecule has 0 saturated heterocycles. The summed E-state index contributed by atoms with van der Waals surface area (Å²) in [5, 5.41) is 10.9. The normalized spacial score (nSPS) is 10.7. The van der Waals surface area contributed by atoms with Crippen molar-refractivity contribution in [3.8, 4) is 0 Å². The second-order valence-corrected chi connectivity index (χ2v) is 9.22. The van der Waals surface area contributed by atoms with Crippen molar-refractivity contribution in [1.29, 1.82) is 0 Å². The third-order valence-electron chi connectivity index (χ3n) is 3.60. The van der Waals surface area contributed by atoms with Gasteiger partial charge in [0.25, 0.3) is 0 Å². The fourth-order valence-electron chi connectivity index (χ4n) is 2.20. The third-order valence-corrected chi connectivity index (χ3v) is 6.78. The second-order valence-electron chi connectivity index (χ2n) is 5.80. The van der Waals surface area contributed by atoms with Crippen molar-refractivity contribution >= 4 is 46.7 Å². The first kappa shape index (κ1) is 22.6. The third kappa shape index (κ3) is 7.76. The summed E-state index contributed by atoms with van der Waals surface area (Å²) in [5.74, 6) is 0.162. The molecule has 1 aromatic carbocycles. The van der Waals surface area contributed by atoms with E-state index in [1.165, 1.54) is 47.0 Å². The van der Waals surface area contributed by atoms with E-state index in [1.807, 2.05) is 13.8 Å². The van der Waals surface area contributed by atoms with Gasteiger partial charge in [-0.15, -0.1) is 10.2 Å². The van der Waals surface area contributed by atoms with Crippen LogP contribution in [0.5, 0.6) is 0 Å². The van der Waals surface area contributed by atoms with Gasteiger partial charge in [0.15, 0.2) is 8.68 Å². The number of amides is 2. The molecule has 2 aromatic rings. The minimum Gasteiger partial charge on any atom is -0.355 e. The van der Waals surface area contributed by atoms with Crippen molar-refractivity contribution in [2.45, 2.75) is 35.5 Å². The summed E-state index contributed by atoms with van der Waals surface area (Å²) in [5.41, 5.74) is 0.760. The number of nitrogens with one attached hydrogen (secondary N) is 1. The Kier molecular flexibility index (Phi) is 9.72. The zero-order valence-corrected chi connectivity index (χ0v) is 18.3. The van der Waals surface area contributed by atoms with Gasteiger partial charge in [0.05, 0.1) is 11.5 Å². The summed E-state index contributed by atoms with van der Waals surface area (Å²) in [6.07, 6.45) is 0.901. The lowest BCUT2D eigenvalue weighted by Gasteiger charge is -2.20. The maximum atomic E-state index is 13.3. The van der Waals surface area contributed by atoms with Gasteiger partial charge < -0.3 is 10.2 Å². The maximum Gasteiger partial charge on any atom is 0.233 e. The minimum absolute atomic E-state index is 0.0256. The highest BCUT2D eigenvalue weighted by molar-refractivity contribution is 8.03. The molecule has 2 rings (SSSR count). The standard InChI is InChI=1S/C18H23FN4O2S3/c1-3-8-20-15(24)11-26-17-21-22-18(28-17)27-12-16(25)23(4-2)10-13-6-5-7-14(19)9-13/h5-7,9H,3-4,8,10-12H2,1-2H3,(H,20,24). The molecule has 0 aliphatic rings. The van der Waals surface area contributed by atoms with Gasteiger partial charge in [-0.05, 0) is 31.0 Å². The van der Waals surface area contributed by atoms with E-state index in [9.17, 15) is 14.0 Å². The first-order chi connectivity index (χ1) is 13.5. The van der Waals surface area contributed by atoms with E-state index in [1.54, 1.807) is 17.0 Å². The van der Waals surface area contributed by atoms with Crippen LogP contribution in [0.1, 0.15) is 25.8 Å². The molecule has 0 fully saturated rings. The van der Waals surface area contributed by atoms with E-state index in [4.69, 9.17) is 0 Å². The Hall–Kier alpha value is -1.65. The molecule has 2 amide bonds. The Morgan fingerprint density at radius 2 is 1.89 bits per heavy atom. The van der Waals surface area contributed by atoms with Crippen LogP contribution in [0.25, 0.3) is 0 Å². The highest BCUT2D eigenvalue weighted by Gasteiger charge is 2.15. The molecule has 1 heterocycles. The highest BCUT2D eigenvalue weighted by atomic mass is 32.2. The smallest absolute Gasteiger partial charge is 0.233 e. The quantitative estimate of drug-likeness (QED) is 0.538. The largest absolute Gasteiger partial charge is 0.355 e. The fraction of sp³-hybridized carbons (Fsp3) is 0.444. The predicted molar refractivity (Wildman–Crippen MR) is 112 cm³/mol. The molecule has 28 heavy (non-hydrogen) atoms. The van der Waals surface area contributed by atoms with Crippen molar-refractivity contribution in [2.24, 2.45) is 0 Å². The first-order valence-corrected chi connectivity index (χ1v) is 11.7. The Morgan fingerprint density at radius 3 is 2.54 bits per heavy atom. The first-order valence-electron chi connectivity index (χ1n) is 8.89. The van der Waals surface area contributed by atoms with Crippen molar-refractivity contribution < 1.29 is 14.0 Å². The van der Waals surface area contributed by atoms with E-state index < -0.39 is 0 Å². The van der Waals surface area contributed by atoms with Crippen molar-refractivity contribution in [3.05, 3.63) is 35.6 Å². The fourth-order valence-corrected chi connectivity index (χ4v) is 4.96. The molecule has 0 spiro atoms. The van der Waals surface area contributed by atoms with Crippen LogP contribution in [0.4, 0.5) is 4.39 Å². The van der Waals surface area contributed by atoms with Crippen LogP contribution >= 0.6 is 34.9 Å². The van der Waals surface area contributed by atoms with E-state index in [0.717, 1.165) is 12.0 Å². The number of rotatable bonds is 11. The van der Waals surface area contributed by atoms with Crippen LogP contribution in [-0.2, 0) is 16.1 Å². The van der Waals surface area contributed by atoms with Crippen LogP contribution in [-0.4, -0.2) is 51.5 Å². The molecule has 0 bridgehead atoms. The zero-order valence-electron chi connectivity index (χ0n) is 15.8. The molecule has 10 heteroatoms. The van der Waals surface area contributed by atoms with Gasteiger partial charge in [0.2, 0.25) is 11.8 Å². The number of benzene rings is 1. The van der Waals surface area contributed by atoms with E-state index in [2.05, 4.69) is 15.5 Å².